The van der Waals surface area contributed by atoms with Gasteiger partial charge in [-0.25, -0.2) is 4.79 Å². The number of carbonyl (C=O) groups is 2. The fourth-order valence-electron chi connectivity index (χ4n) is 5.20. The molecule has 0 aliphatic carbocycles. The van der Waals surface area contributed by atoms with Crippen LogP contribution in [0.2, 0.25) is 0 Å². The van der Waals surface area contributed by atoms with Gasteiger partial charge in [0.2, 0.25) is 0 Å². The molecule has 42 heavy (non-hydrogen) atoms. The molecule has 1 aliphatic heterocycles. The predicted molar refractivity (Wildman–Crippen MR) is 162 cm³/mol. The van der Waals surface area contributed by atoms with E-state index in [0.717, 1.165) is 0 Å². The number of nitrogens with one attached hydrogen (secondary N) is 1. The standard InChI is InChI=1S/C32H46N2O8/c1-8-9-12-22-23-14-18(2)15-27(41-7)28(36)20(4)16-21(5)30(42-32(33)39)26(40-6)13-10-11-19(3)31(38)34-24(29(23)37)17-25(22)35/h8,10-11,13,16-18,20,26-28,30,35-37H,1,9,12,14-15H2,2-7H3,(H2,33,39)(H,34,38)/b13-10-,19-11+,21-16+/t18-,20+,26-,27+,28-,30-/m1/s1. The molecule has 0 unspecified atom stereocenters. The number of phenols is 2. The summed E-state index contributed by atoms with van der Waals surface area (Å²) in [6.07, 6.45) is 5.97. The first kappa shape index (κ1) is 34.6. The lowest BCUT2D eigenvalue weighted by Crippen LogP contribution is -2.37. The Hall–Kier alpha value is -3.60. The van der Waals surface area contributed by atoms with Crippen LogP contribution in [0, 0.1) is 11.8 Å². The van der Waals surface area contributed by atoms with Crippen molar-refractivity contribution in [1.29, 1.82) is 0 Å². The molecule has 6 N–H and O–H groups in total. The molecule has 232 valence electrons. The first-order chi connectivity index (χ1) is 19.8. The normalized spacial score (nSPS) is 29.4. The van der Waals surface area contributed by atoms with Gasteiger partial charge in [-0.3, -0.25) is 4.79 Å². The summed E-state index contributed by atoms with van der Waals surface area (Å²) in [6.45, 7) is 10.9. The molecule has 0 aromatic heterocycles. The molecule has 2 amide bonds. The number of anilines is 1. The third kappa shape index (κ3) is 9.20. The van der Waals surface area contributed by atoms with Crippen molar-refractivity contribution in [3.63, 3.8) is 0 Å². The van der Waals surface area contributed by atoms with Crippen molar-refractivity contribution in [2.75, 3.05) is 19.5 Å². The summed E-state index contributed by atoms with van der Waals surface area (Å²) in [5.74, 6) is -1.16. The minimum atomic E-state index is -0.984. The maximum Gasteiger partial charge on any atom is 0.405 e. The van der Waals surface area contributed by atoms with Crippen molar-refractivity contribution in [2.45, 2.75) is 77.8 Å². The van der Waals surface area contributed by atoms with E-state index in [1.807, 2.05) is 13.8 Å². The summed E-state index contributed by atoms with van der Waals surface area (Å²) >= 11 is 0. The van der Waals surface area contributed by atoms with E-state index in [-0.39, 0.29) is 23.1 Å². The highest BCUT2D eigenvalue weighted by Crippen LogP contribution is 2.40. The van der Waals surface area contributed by atoms with E-state index in [4.69, 9.17) is 19.9 Å². The molecular weight excluding hydrogens is 540 g/mol. The average Bonchev–Trinajstić information content (AvgIpc) is 2.94. The van der Waals surface area contributed by atoms with Crippen molar-refractivity contribution in [3.05, 3.63) is 65.3 Å². The molecule has 10 nitrogen and oxygen atoms in total. The number of nitrogens with two attached hydrogens (primary N) is 1. The summed E-state index contributed by atoms with van der Waals surface area (Å²) in [7, 11) is 2.97. The van der Waals surface area contributed by atoms with E-state index >= 15 is 0 Å². The average molecular weight is 587 g/mol. The second-order valence-electron chi connectivity index (χ2n) is 10.9. The van der Waals surface area contributed by atoms with Crippen LogP contribution in [0.15, 0.2) is 54.2 Å². The summed E-state index contributed by atoms with van der Waals surface area (Å²) < 4.78 is 16.6. The van der Waals surface area contributed by atoms with Crippen LogP contribution in [-0.2, 0) is 31.8 Å². The largest absolute Gasteiger partial charge is 0.508 e. The van der Waals surface area contributed by atoms with E-state index in [1.165, 1.54) is 20.3 Å². The number of hydrogen-bond donors (Lipinski definition) is 5. The number of methoxy groups -OCH3 is 2. The zero-order chi connectivity index (χ0) is 31.6. The summed E-state index contributed by atoms with van der Waals surface area (Å²) in [4.78, 5) is 24.8. The van der Waals surface area contributed by atoms with Crippen LogP contribution in [0.1, 0.15) is 51.7 Å². The molecule has 0 saturated heterocycles. The van der Waals surface area contributed by atoms with Crippen LogP contribution < -0.4 is 11.1 Å². The van der Waals surface area contributed by atoms with Gasteiger partial charge in [0.15, 0.2) is 6.10 Å². The first-order valence-electron chi connectivity index (χ1n) is 14.1. The molecule has 0 fully saturated rings. The van der Waals surface area contributed by atoms with Crippen molar-refractivity contribution < 1.29 is 39.1 Å². The summed E-state index contributed by atoms with van der Waals surface area (Å²) in [5.41, 5.74) is 7.44. The topological polar surface area (TPSA) is 161 Å². The van der Waals surface area contributed by atoms with E-state index in [0.29, 0.717) is 48.0 Å². The van der Waals surface area contributed by atoms with Gasteiger partial charge < -0.3 is 40.6 Å². The lowest BCUT2D eigenvalue weighted by molar-refractivity contribution is -0.112. The number of aliphatic hydroxyl groups is 1. The molecule has 2 rings (SSSR count). The molecule has 1 aromatic carbocycles. The van der Waals surface area contributed by atoms with Gasteiger partial charge in [-0.1, -0.05) is 44.2 Å². The van der Waals surface area contributed by atoms with E-state index < -0.39 is 42.3 Å². The number of phenolic OH excluding ortho intramolecular Hbond substituents is 2. The second-order valence-corrected chi connectivity index (χ2v) is 10.9. The minimum Gasteiger partial charge on any atom is -0.508 e. The van der Waals surface area contributed by atoms with Gasteiger partial charge in [0.05, 0.1) is 17.9 Å². The Balaban J connectivity index is 2.67. The molecule has 10 heteroatoms. The Morgan fingerprint density at radius 1 is 1.21 bits per heavy atom. The van der Waals surface area contributed by atoms with Crippen LogP contribution in [0.4, 0.5) is 10.5 Å². The highest BCUT2D eigenvalue weighted by Gasteiger charge is 2.30. The molecule has 2 bridgehead atoms. The van der Waals surface area contributed by atoms with Crippen molar-refractivity contribution in [2.24, 2.45) is 17.6 Å². The Labute approximate surface area is 248 Å². The second kappa shape index (κ2) is 16.1. The van der Waals surface area contributed by atoms with Gasteiger partial charge in [0.25, 0.3) is 5.91 Å². The first-order valence-corrected chi connectivity index (χ1v) is 14.1. The molecule has 6 atom stereocenters. The van der Waals surface area contributed by atoms with Gasteiger partial charge in [-0.2, -0.15) is 0 Å². The van der Waals surface area contributed by atoms with Gasteiger partial charge in [-0.05, 0) is 51.0 Å². The van der Waals surface area contributed by atoms with Crippen LogP contribution in [0.5, 0.6) is 11.5 Å². The molecule has 1 aliphatic rings. The zero-order valence-corrected chi connectivity index (χ0v) is 25.4. The van der Waals surface area contributed by atoms with Gasteiger partial charge >= 0.3 is 6.09 Å². The number of aliphatic hydroxyl groups excluding tert-OH is 1. The number of carbonyl (C=O) groups excluding carboxylic acids is 2. The van der Waals surface area contributed by atoms with Crippen molar-refractivity contribution in [1.82, 2.24) is 0 Å². The fraction of sp³-hybridized carbons (Fsp3) is 0.500. The predicted octanol–water partition coefficient (Wildman–Crippen LogP) is 4.68. The third-order valence-corrected chi connectivity index (χ3v) is 7.55. The van der Waals surface area contributed by atoms with Crippen LogP contribution in [-0.4, -0.2) is 66.0 Å². The lowest BCUT2D eigenvalue weighted by atomic mass is 9.86. The SMILES string of the molecule is C=CCCc1c(O)cc2c(O)c1C[C@@H](C)C[C@H](OC)[C@H](O)[C@@H](C)/C=C(\C)[C@@H](OC(N)=O)[C@H](OC)/C=C\C=C(/C)C(=O)N2. The smallest absolute Gasteiger partial charge is 0.405 e. The fourth-order valence-corrected chi connectivity index (χ4v) is 5.20. The van der Waals surface area contributed by atoms with Gasteiger partial charge in [-0.15, -0.1) is 6.58 Å². The Kier molecular flexibility index (Phi) is 13.3. The number of ether oxygens (including phenoxy) is 3. The minimum absolute atomic E-state index is 0.0411. The summed E-state index contributed by atoms with van der Waals surface area (Å²) in [6, 6.07) is 1.34. The van der Waals surface area contributed by atoms with E-state index in [1.54, 1.807) is 44.2 Å². The Morgan fingerprint density at radius 2 is 1.90 bits per heavy atom. The molecule has 0 spiro atoms. The van der Waals surface area contributed by atoms with Crippen molar-refractivity contribution >= 4 is 17.7 Å². The number of aromatic hydroxyl groups is 2. The number of rotatable bonds is 6. The third-order valence-electron chi connectivity index (χ3n) is 7.55. The summed E-state index contributed by atoms with van der Waals surface area (Å²) in [5, 5.41) is 36.1. The number of hydrogen-bond acceptors (Lipinski definition) is 8. The number of fused-ring (bicyclic) bond motifs is 2. The van der Waals surface area contributed by atoms with Gasteiger partial charge in [0.1, 0.15) is 17.6 Å². The van der Waals surface area contributed by atoms with Crippen LogP contribution in [0.3, 0.4) is 0 Å². The maximum absolute atomic E-state index is 13.0. The number of allylic oxidation sites excluding steroid dienone is 3. The van der Waals surface area contributed by atoms with E-state index in [9.17, 15) is 24.9 Å². The highest BCUT2D eigenvalue weighted by molar-refractivity contribution is 6.04. The van der Waals surface area contributed by atoms with Crippen LogP contribution in [0.25, 0.3) is 0 Å². The molecule has 1 heterocycles. The molecule has 1 aromatic rings. The number of benzene rings is 1. The monoisotopic (exact) mass is 586 g/mol. The van der Waals surface area contributed by atoms with E-state index in [2.05, 4.69) is 11.9 Å². The maximum atomic E-state index is 13.0. The number of amides is 2. The molecular formula is C32H46N2O8. The number of primary amides is 1. The van der Waals surface area contributed by atoms with Crippen LogP contribution >= 0.6 is 0 Å². The Morgan fingerprint density at radius 3 is 2.50 bits per heavy atom. The van der Waals surface area contributed by atoms with Crippen molar-refractivity contribution in [3.8, 4) is 11.5 Å². The Bertz CT molecular complexity index is 1210. The zero-order valence-electron chi connectivity index (χ0n) is 25.4. The molecule has 0 radical (unpaired) electrons. The quantitative estimate of drug-likeness (QED) is 0.182. The van der Waals surface area contributed by atoms with Gasteiger partial charge in [0, 0.05) is 42.9 Å². The lowest BCUT2D eigenvalue weighted by Gasteiger charge is -2.29. The highest BCUT2D eigenvalue weighted by atomic mass is 16.6. The molecule has 0 saturated carbocycles.